The molecule has 4 nitrogen and oxygen atoms in total. The predicted molar refractivity (Wildman–Crippen MR) is 200 cm³/mol. The molecular formula is C45H29N3O. The summed E-state index contributed by atoms with van der Waals surface area (Å²) < 4.78 is 6.28. The fourth-order valence-corrected chi connectivity index (χ4v) is 6.42. The van der Waals surface area contributed by atoms with Crippen LogP contribution in [0.3, 0.4) is 0 Å². The normalized spacial score (nSPS) is 11.3. The Labute approximate surface area is 284 Å². The SMILES string of the molecule is c1ccc(-c2ccc(-c3nc(-c4ccccc4)nc(-c4cc(-c5ccccc5)cc(-c5ccc6c(c5)oc5ccccc56)c4)n3)cc2)cc1. The summed E-state index contributed by atoms with van der Waals surface area (Å²) in [4.78, 5) is 15.2. The van der Waals surface area contributed by atoms with Crippen LogP contribution in [0.4, 0.5) is 0 Å². The zero-order chi connectivity index (χ0) is 32.6. The quantitative estimate of drug-likeness (QED) is 0.184. The standard InChI is InChI=1S/C45H29N3O/c1-4-12-30(13-5-1)32-20-22-34(23-21-32)44-46-43(33-16-8-3-9-17-33)47-45(48-44)38-27-36(31-14-6-2-7-15-31)26-37(28-38)35-24-25-40-39-18-10-11-19-41(39)49-42(40)29-35/h1-29H. The van der Waals surface area contributed by atoms with Crippen LogP contribution in [0.2, 0.25) is 0 Å². The lowest BCUT2D eigenvalue weighted by Gasteiger charge is -2.13. The van der Waals surface area contributed by atoms with Crippen LogP contribution in [-0.4, -0.2) is 15.0 Å². The molecule has 230 valence electrons. The Balaban J connectivity index is 1.21. The number of rotatable bonds is 6. The highest BCUT2D eigenvalue weighted by Crippen LogP contribution is 2.36. The van der Waals surface area contributed by atoms with Gasteiger partial charge in [0.05, 0.1) is 0 Å². The molecule has 0 aliphatic rings. The molecule has 9 aromatic rings. The van der Waals surface area contributed by atoms with Crippen LogP contribution in [0.25, 0.3) is 89.5 Å². The van der Waals surface area contributed by atoms with Gasteiger partial charge in [-0.2, -0.15) is 0 Å². The van der Waals surface area contributed by atoms with E-state index in [1.54, 1.807) is 0 Å². The molecule has 0 aliphatic heterocycles. The minimum absolute atomic E-state index is 0.611. The van der Waals surface area contributed by atoms with Gasteiger partial charge in [0, 0.05) is 27.5 Å². The molecule has 0 spiro atoms. The second kappa shape index (κ2) is 12.2. The van der Waals surface area contributed by atoms with E-state index in [-0.39, 0.29) is 0 Å². The molecule has 0 radical (unpaired) electrons. The van der Waals surface area contributed by atoms with E-state index in [2.05, 4.69) is 115 Å². The maximum Gasteiger partial charge on any atom is 0.164 e. The fraction of sp³-hybridized carbons (Fsp3) is 0. The van der Waals surface area contributed by atoms with E-state index in [1.165, 1.54) is 5.56 Å². The molecule has 4 heteroatoms. The Kier molecular flexibility index (Phi) is 7.10. The van der Waals surface area contributed by atoms with Crippen LogP contribution in [-0.2, 0) is 0 Å². The third-order valence-corrected chi connectivity index (χ3v) is 8.93. The van der Waals surface area contributed by atoms with Gasteiger partial charge in [0.15, 0.2) is 17.5 Å². The van der Waals surface area contributed by atoms with Crippen LogP contribution in [0, 0.1) is 0 Å². The van der Waals surface area contributed by atoms with Crippen LogP contribution in [0.1, 0.15) is 0 Å². The minimum atomic E-state index is 0.611. The fourth-order valence-electron chi connectivity index (χ4n) is 6.42. The molecule has 0 saturated heterocycles. The maximum absolute atomic E-state index is 6.28. The van der Waals surface area contributed by atoms with Gasteiger partial charge in [-0.05, 0) is 69.8 Å². The zero-order valence-electron chi connectivity index (χ0n) is 26.5. The highest BCUT2D eigenvalue weighted by molar-refractivity contribution is 6.06. The summed E-state index contributed by atoms with van der Waals surface area (Å²) in [5.74, 6) is 1.86. The maximum atomic E-state index is 6.28. The lowest BCUT2D eigenvalue weighted by Crippen LogP contribution is -2.00. The number of nitrogens with zero attached hydrogens (tertiary/aromatic N) is 3. The lowest BCUT2D eigenvalue weighted by atomic mass is 9.95. The number of benzene rings is 7. The molecular weight excluding hydrogens is 599 g/mol. The van der Waals surface area contributed by atoms with Crippen LogP contribution in [0.5, 0.6) is 0 Å². The number of furan rings is 1. The number of aromatic nitrogens is 3. The Morgan fingerprint density at radius 3 is 1.33 bits per heavy atom. The average molecular weight is 628 g/mol. The van der Waals surface area contributed by atoms with Crippen molar-refractivity contribution >= 4 is 21.9 Å². The van der Waals surface area contributed by atoms with E-state index in [0.29, 0.717) is 17.5 Å². The molecule has 0 fully saturated rings. The van der Waals surface area contributed by atoms with Crippen molar-refractivity contribution in [3.8, 4) is 67.5 Å². The van der Waals surface area contributed by atoms with E-state index < -0.39 is 0 Å². The van der Waals surface area contributed by atoms with Crippen molar-refractivity contribution in [3.05, 3.63) is 176 Å². The van der Waals surface area contributed by atoms with Gasteiger partial charge in [0.1, 0.15) is 11.2 Å². The monoisotopic (exact) mass is 627 g/mol. The zero-order valence-corrected chi connectivity index (χ0v) is 26.5. The van der Waals surface area contributed by atoms with Crippen molar-refractivity contribution in [1.29, 1.82) is 0 Å². The van der Waals surface area contributed by atoms with E-state index in [0.717, 1.165) is 66.4 Å². The summed E-state index contributed by atoms with van der Waals surface area (Å²) in [6.45, 7) is 0. The van der Waals surface area contributed by atoms with Crippen molar-refractivity contribution in [2.45, 2.75) is 0 Å². The number of fused-ring (bicyclic) bond motifs is 3. The van der Waals surface area contributed by atoms with Gasteiger partial charge in [-0.15, -0.1) is 0 Å². The molecule has 0 bridgehead atoms. The van der Waals surface area contributed by atoms with Gasteiger partial charge in [-0.1, -0.05) is 140 Å². The van der Waals surface area contributed by atoms with Gasteiger partial charge < -0.3 is 4.42 Å². The van der Waals surface area contributed by atoms with Crippen molar-refractivity contribution < 1.29 is 4.42 Å². The molecule has 0 unspecified atom stereocenters. The summed E-state index contributed by atoms with van der Waals surface area (Å²) in [7, 11) is 0. The molecule has 0 atom stereocenters. The topological polar surface area (TPSA) is 51.8 Å². The van der Waals surface area contributed by atoms with Crippen molar-refractivity contribution in [3.63, 3.8) is 0 Å². The van der Waals surface area contributed by atoms with Crippen LogP contribution >= 0.6 is 0 Å². The predicted octanol–water partition coefficient (Wildman–Crippen LogP) is 11.8. The molecule has 7 aromatic carbocycles. The Morgan fingerprint density at radius 2 is 0.673 bits per heavy atom. The van der Waals surface area contributed by atoms with Gasteiger partial charge >= 0.3 is 0 Å². The number of hydrogen-bond donors (Lipinski definition) is 0. The first-order valence-corrected chi connectivity index (χ1v) is 16.4. The second-order valence-corrected chi connectivity index (χ2v) is 12.1. The van der Waals surface area contributed by atoms with Crippen molar-refractivity contribution in [2.75, 3.05) is 0 Å². The second-order valence-electron chi connectivity index (χ2n) is 12.1. The Hall–Kier alpha value is -6.65. The van der Waals surface area contributed by atoms with E-state index in [9.17, 15) is 0 Å². The summed E-state index contributed by atoms with van der Waals surface area (Å²) in [5, 5.41) is 2.22. The highest BCUT2D eigenvalue weighted by atomic mass is 16.3. The molecule has 49 heavy (non-hydrogen) atoms. The summed E-state index contributed by atoms with van der Waals surface area (Å²) in [5.41, 5.74) is 11.1. The van der Waals surface area contributed by atoms with Gasteiger partial charge in [-0.3, -0.25) is 0 Å². The first-order valence-electron chi connectivity index (χ1n) is 16.4. The summed E-state index contributed by atoms with van der Waals surface area (Å²) in [6, 6.07) is 60.5. The molecule has 9 rings (SSSR count). The molecule has 0 saturated carbocycles. The number of para-hydroxylation sites is 1. The van der Waals surface area contributed by atoms with Crippen molar-refractivity contribution in [2.24, 2.45) is 0 Å². The smallest absolute Gasteiger partial charge is 0.164 e. The average Bonchev–Trinajstić information content (AvgIpc) is 3.57. The number of hydrogen-bond acceptors (Lipinski definition) is 4. The Bertz CT molecular complexity index is 2580. The van der Waals surface area contributed by atoms with E-state index in [4.69, 9.17) is 19.4 Å². The minimum Gasteiger partial charge on any atom is -0.456 e. The molecule has 0 aliphatic carbocycles. The third kappa shape index (κ3) is 5.56. The first-order chi connectivity index (χ1) is 24.2. The largest absolute Gasteiger partial charge is 0.456 e. The molecule has 0 N–H and O–H groups in total. The molecule has 2 heterocycles. The lowest BCUT2D eigenvalue weighted by molar-refractivity contribution is 0.669. The molecule has 0 amide bonds. The Morgan fingerprint density at radius 1 is 0.265 bits per heavy atom. The third-order valence-electron chi connectivity index (χ3n) is 8.93. The van der Waals surface area contributed by atoms with E-state index in [1.807, 2.05) is 60.7 Å². The van der Waals surface area contributed by atoms with Gasteiger partial charge in [-0.25, -0.2) is 15.0 Å². The summed E-state index contributed by atoms with van der Waals surface area (Å²) >= 11 is 0. The van der Waals surface area contributed by atoms with Gasteiger partial charge in [0.2, 0.25) is 0 Å². The molecule has 2 aromatic heterocycles. The summed E-state index contributed by atoms with van der Waals surface area (Å²) in [6.07, 6.45) is 0. The highest BCUT2D eigenvalue weighted by Gasteiger charge is 2.16. The van der Waals surface area contributed by atoms with Crippen LogP contribution in [0.15, 0.2) is 180 Å². The first kappa shape index (κ1) is 28.6. The van der Waals surface area contributed by atoms with Crippen LogP contribution < -0.4 is 0 Å². The van der Waals surface area contributed by atoms with E-state index >= 15 is 0 Å². The van der Waals surface area contributed by atoms with Crippen molar-refractivity contribution in [1.82, 2.24) is 15.0 Å². The van der Waals surface area contributed by atoms with Gasteiger partial charge in [0.25, 0.3) is 0 Å².